The lowest BCUT2D eigenvalue weighted by molar-refractivity contribution is -0.132. The Balaban J connectivity index is 1.85. The highest BCUT2D eigenvalue weighted by molar-refractivity contribution is 5.88. The largest absolute Gasteiger partial charge is 0.346 e. The highest BCUT2D eigenvalue weighted by Gasteiger charge is 2.46. The molecule has 1 heterocycles. The molecule has 2 aromatic rings. The Kier molecular flexibility index (Phi) is 4.45. The van der Waals surface area contributed by atoms with E-state index in [0.717, 1.165) is 25.0 Å². The van der Waals surface area contributed by atoms with E-state index in [2.05, 4.69) is 34.4 Å². The predicted molar refractivity (Wildman–Crippen MR) is 94.7 cm³/mol. The van der Waals surface area contributed by atoms with E-state index in [4.69, 9.17) is 0 Å². The second-order valence-electron chi connectivity index (χ2n) is 6.86. The molecule has 5 nitrogen and oxygen atoms in total. The number of nitrogens with zero attached hydrogens (tertiary/aromatic N) is 3. The number of nitrogens with one attached hydrogen (secondary N) is 1. The summed E-state index contributed by atoms with van der Waals surface area (Å²) in [6.45, 7) is 2.09. The lowest BCUT2D eigenvalue weighted by Gasteiger charge is -2.36. The van der Waals surface area contributed by atoms with Gasteiger partial charge in [-0.2, -0.15) is 5.10 Å². The van der Waals surface area contributed by atoms with Gasteiger partial charge in [-0.3, -0.25) is 14.4 Å². The molecule has 0 aliphatic heterocycles. The zero-order valence-electron chi connectivity index (χ0n) is 14.9. The van der Waals surface area contributed by atoms with Crippen LogP contribution in [0.2, 0.25) is 0 Å². The van der Waals surface area contributed by atoms with Crippen molar-refractivity contribution >= 4 is 5.91 Å². The molecule has 5 heteroatoms. The van der Waals surface area contributed by atoms with Gasteiger partial charge in [-0.15, -0.1) is 0 Å². The number of carbonyl (C=O) groups is 1. The summed E-state index contributed by atoms with van der Waals surface area (Å²) in [5.41, 5.74) is 3.07. The van der Waals surface area contributed by atoms with Crippen molar-refractivity contribution in [3.63, 3.8) is 0 Å². The van der Waals surface area contributed by atoms with Crippen LogP contribution in [-0.2, 0) is 24.7 Å². The van der Waals surface area contributed by atoms with Crippen LogP contribution in [0, 0.1) is 0 Å². The van der Waals surface area contributed by atoms with Crippen LogP contribution in [0.1, 0.15) is 36.2 Å². The van der Waals surface area contributed by atoms with E-state index in [0.29, 0.717) is 0 Å². The molecule has 0 fully saturated rings. The summed E-state index contributed by atoms with van der Waals surface area (Å²) in [5.74, 6) is 0.0942. The van der Waals surface area contributed by atoms with Gasteiger partial charge >= 0.3 is 0 Å². The summed E-state index contributed by atoms with van der Waals surface area (Å²) >= 11 is 0. The Labute approximate surface area is 143 Å². The Hall–Kier alpha value is -2.14. The predicted octanol–water partition coefficient (Wildman–Crippen LogP) is 2.09. The van der Waals surface area contributed by atoms with Gasteiger partial charge in [0.1, 0.15) is 5.54 Å². The van der Waals surface area contributed by atoms with Crippen molar-refractivity contribution in [2.45, 2.75) is 37.8 Å². The van der Waals surface area contributed by atoms with Crippen molar-refractivity contribution in [3.05, 3.63) is 53.3 Å². The number of benzene rings is 1. The standard InChI is InChI=1S/C19H26N4O/c1-5-16(17-10-11-20-23(17)4)21-18(24)19(22(2)3)12-14-8-6-7-9-15(14)13-19/h6-11,16H,5,12-13H2,1-4H3,(H,21,24)/t16-/m1/s1. The minimum atomic E-state index is -0.518. The third-order valence-corrected chi connectivity index (χ3v) is 5.29. The molecular formula is C19H26N4O. The molecule has 1 atom stereocenters. The lowest BCUT2D eigenvalue weighted by Crippen LogP contribution is -2.57. The first-order valence-corrected chi connectivity index (χ1v) is 8.51. The maximum absolute atomic E-state index is 13.3. The number of hydrogen-bond donors (Lipinski definition) is 1. The molecule has 0 saturated heterocycles. The van der Waals surface area contributed by atoms with E-state index < -0.39 is 5.54 Å². The van der Waals surface area contributed by atoms with Gasteiger partial charge in [0.15, 0.2) is 0 Å². The van der Waals surface area contributed by atoms with Crippen LogP contribution in [0.15, 0.2) is 36.5 Å². The van der Waals surface area contributed by atoms with Gasteiger partial charge in [0.25, 0.3) is 0 Å². The molecule has 0 radical (unpaired) electrons. The fourth-order valence-electron chi connectivity index (χ4n) is 3.68. The second-order valence-corrected chi connectivity index (χ2v) is 6.86. The van der Waals surface area contributed by atoms with E-state index in [-0.39, 0.29) is 11.9 Å². The van der Waals surface area contributed by atoms with E-state index >= 15 is 0 Å². The SMILES string of the molecule is CC[C@@H](NC(=O)C1(N(C)C)Cc2ccccc2C1)c1ccnn1C. The normalized spacial score (nSPS) is 16.9. The third kappa shape index (κ3) is 2.73. The molecule has 0 spiro atoms. The maximum atomic E-state index is 13.3. The average molecular weight is 326 g/mol. The second kappa shape index (κ2) is 6.40. The molecule has 1 N–H and O–H groups in total. The quantitative estimate of drug-likeness (QED) is 0.915. The zero-order valence-corrected chi connectivity index (χ0v) is 14.9. The number of likely N-dealkylation sites (N-methyl/N-ethyl adjacent to an activating group) is 1. The molecule has 0 bridgehead atoms. The number of amides is 1. The summed E-state index contributed by atoms with van der Waals surface area (Å²) in [4.78, 5) is 15.3. The number of aromatic nitrogens is 2. The molecular weight excluding hydrogens is 300 g/mol. The molecule has 24 heavy (non-hydrogen) atoms. The van der Waals surface area contributed by atoms with Crippen LogP contribution >= 0.6 is 0 Å². The number of carbonyl (C=O) groups excluding carboxylic acids is 1. The van der Waals surface area contributed by atoms with Crippen LogP contribution in [-0.4, -0.2) is 40.2 Å². The Morgan fingerprint density at radius 1 is 1.29 bits per heavy atom. The van der Waals surface area contributed by atoms with Gasteiger partial charge in [0.05, 0.1) is 11.7 Å². The van der Waals surface area contributed by atoms with Crippen molar-refractivity contribution < 1.29 is 4.79 Å². The lowest BCUT2D eigenvalue weighted by atomic mass is 9.92. The molecule has 128 valence electrons. The summed E-state index contributed by atoms with van der Waals surface area (Å²) < 4.78 is 1.83. The fraction of sp³-hybridized carbons (Fsp3) is 0.474. The van der Waals surface area contributed by atoms with Crippen molar-refractivity contribution in [1.82, 2.24) is 20.0 Å². The van der Waals surface area contributed by atoms with Crippen molar-refractivity contribution in [2.24, 2.45) is 7.05 Å². The van der Waals surface area contributed by atoms with Crippen LogP contribution in [0.4, 0.5) is 0 Å². The molecule has 1 aromatic heterocycles. The topological polar surface area (TPSA) is 50.2 Å². The summed E-state index contributed by atoms with van der Waals surface area (Å²) in [6.07, 6.45) is 4.12. The van der Waals surface area contributed by atoms with Gasteiger partial charge < -0.3 is 5.32 Å². The number of rotatable bonds is 5. The van der Waals surface area contributed by atoms with Gasteiger partial charge in [0.2, 0.25) is 5.91 Å². The smallest absolute Gasteiger partial charge is 0.241 e. The Morgan fingerprint density at radius 3 is 2.38 bits per heavy atom. The number of aryl methyl sites for hydroxylation is 1. The van der Waals surface area contributed by atoms with Gasteiger partial charge in [-0.05, 0) is 37.7 Å². The molecule has 0 unspecified atom stereocenters. The zero-order chi connectivity index (χ0) is 17.3. The maximum Gasteiger partial charge on any atom is 0.241 e. The highest BCUT2D eigenvalue weighted by atomic mass is 16.2. The first-order valence-electron chi connectivity index (χ1n) is 8.51. The van der Waals surface area contributed by atoms with Crippen LogP contribution in [0.25, 0.3) is 0 Å². The van der Waals surface area contributed by atoms with Crippen LogP contribution in [0.5, 0.6) is 0 Å². The highest BCUT2D eigenvalue weighted by Crippen LogP contribution is 2.34. The van der Waals surface area contributed by atoms with E-state index in [1.807, 2.05) is 44.0 Å². The summed E-state index contributed by atoms with van der Waals surface area (Å²) in [6, 6.07) is 10.3. The van der Waals surface area contributed by atoms with Crippen LogP contribution in [0.3, 0.4) is 0 Å². The minimum Gasteiger partial charge on any atom is -0.346 e. The van der Waals surface area contributed by atoms with Crippen molar-refractivity contribution in [2.75, 3.05) is 14.1 Å². The number of hydrogen-bond acceptors (Lipinski definition) is 3. The van der Waals surface area contributed by atoms with Crippen molar-refractivity contribution in [1.29, 1.82) is 0 Å². The van der Waals surface area contributed by atoms with E-state index in [1.165, 1.54) is 11.1 Å². The monoisotopic (exact) mass is 326 g/mol. The van der Waals surface area contributed by atoms with Gasteiger partial charge in [-0.25, -0.2) is 0 Å². The number of fused-ring (bicyclic) bond motifs is 1. The summed E-state index contributed by atoms with van der Waals surface area (Å²) in [7, 11) is 5.91. The van der Waals surface area contributed by atoms with Crippen molar-refractivity contribution in [3.8, 4) is 0 Å². The fourth-order valence-corrected chi connectivity index (χ4v) is 3.68. The molecule has 1 aliphatic carbocycles. The third-order valence-electron chi connectivity index (χ3n) is 5.29. The Morgan fingerprint density at radius 2 is 1.92 bits per heavy atom. The first kappa shape index (κ1) is 16.7. The molecule has 1 aliphatic rings. The van der Waals surface area contributed by atoms with E-state index in [1.54, 1.807) is 6.20 Å². The molecule has 1 aromatic carbocycles. The van der Waals surface area contributed by atoms with E-state index in [9.17, 15) is 4.79 Å². The van der Waals surface area contributed by atoms with Gasteiger partial charge in [0, 0.05) is 26.1 Å². The van der Waals surface area contributed by atoms with Gasteiger partial charge in [-0.1, -0.05) is 31.2 Å². The molecule has 0 saturated carbocycles. The van der Waals surface area contributed by atoms with Crippen LogP contribution < -0.4 is 5.32 Å². The molecule has 3 rings (SSSR count). The molecule has 1 amide bonds. The first-order chi connectivity index (χ1) is 11.5. The minimum absolute atomic E-state index is 0.0227. The Bertz CT molecular complexity index is 709. The summed E-state index contributed by atoms with van der Waals surface area (Å²) in [5, 5.41) is 7.50. The average Bonchev–Trinajstić information content (AvgIpc) is 3.16.